The highest BCUT2D eigenvalue weighted by atomic mass is 16.5. The molecule has 0 radical (unpaired) electrons. The number of aliphatic imine (C=N–C) groups is 1. The maximum absolute atomic E-state index is 11.6. The van der Waals surface area contributed by atoms with Crippen LogP contribution in [0, 0.1) is 11.3 Å². The molecule has 0 fully saturated rings. The van der Waals surface area contributed by atoms with Gasteiger partial charge in [-0.2, -0.15) is 0 Å². The first-order chi connectivity index (χ1) is 7.10. The second kappa shape index (κ2) is 4.61. The van der Waals surface area contributed by atoms with Gasteiger partial charge in [0, 0.05) is 6.42 Å². The summed E-state index contributed by atoms with van der Waals surface area (Å²) >= 11 is 0. The Morgan fingerprint density at radius 2 is 2.27 bits per heavy atom. The molecule has 0 aromatic heterocycles. The van der Waals surface area contributed by atoms with Gasteiger partial charge in [0.15, 0.2) is 0 Å². The van der Waals surface area contributed by atoms with Crippen LogP contribution in [0.3, 0.4) is 0 Å². The van der Waals surface area contributed by atoms with Crippen LogP contribution in [-0.2, 0) is 4.79 Å². The fraction of sp³-hybridized carbons (Fsp3) is 0.800. The van der Waals surface area contributed by atoms with Crippen LogP contribution in [0.5, 0.6) is 0 Å². The van der Waals surface area contributed by atoms with Crippen molar-refractivity contribution in [1.29, 1.82) is 0 Å². The molecule has 1 unspecified atom stereocenters. The van der Waals surface area contributed by atoms with E-state index in [0.717, 1.165) is 12.8 Å². The van der Waals surface area contributed by atoms with Crippen molar-refractivity contribution in [2.45, 2.75) is 33.1 Å². The van der Waals surface area contributed by atoms with Crippen molar-refractivity contribution in [2.24, 2.45) is 22.1 Å². The molecule has 1 aliphatic rings. The topological polar surface area (TPSA) is 87.7 Å². The molecule has 5 nitrogen and oxygen atoms in total. The van der Waals surface area contributed by atoms with Gasteiger partial charge in [-0.1, -0.05) is 26.7 Å². The molecule has 0 saturated heterocycles. The van der Waals surface area contributed by atoms with Crippen LogP contribution in [0.1, 0.15) is 33.1 Å². The van der Waals surface area contributed by atoms with Gasteiger partial charge >= 0.3 is 0 Å². The Hall–Kier alpha value is -1.10. The molecule has 0 aromatic carbocycles. The van der Waals surface area contributed by atoms with Crippen LogP contribution in [0.4, 0.5) is 0 Å². The number of nitrogens with one attached hydrogen (secondary N) is 1. The number of hydrogen-bond donors (Lipinski definition) is 3. The van der Waals surface area contributed by atoms with Gasteiger partial charge in [-0.3, -0.25) is 20.5 Å². The zero-order chi connectivity index (χ0) is 11.5. The standard InChI is InChI=1S/C10H19N3O2/c1-3-7(4-2)10(9(11)14)5-8(13-15)12-6-10/h7,15H,3-6H2,1-2H3,(H2,11,14)(H,12,13). The Balaban J connectivity index is 2.88. The van der Waals surface area contributed by atoms with Crippen molar-refractivity contribution in [2.75, 3.05) is 6.54 Å². The summed E-state index contributed by atoms with van der Waals surface area (Å²) in [6.07, 6.45) is 2.21. The molecule has 0 bridgehead atoms. The quantitative estimate of drug-likeness (QED) is 0.600. The van der Waals surface area contributed by atoms with Gasteiger partial charge in [0.2, 0.25) is 5.91 Å². The number of primary amides is 1. The Morgan fingerprint density at radius 3 is 2.60 bits per heavy atom. The predicted molar refractivity (Wildman–Crippen MR) is 57.5 cm³/mol. The van der Waals surface area contributed by atoms with Gasteiger partial charge in [0.05, 0.1) is 12.0 Å². The lowest BCUT2D eigenvalue weighted by atomic mass is 9.71. The van der Waals surface area contributed by atoms with Gasteiger partial charge in [-0.05, 0) is 5.92 Å². The summed E-state index contributed by atoms with van der Waals surface area (Å²) in [5.74, 6) is 0.371. The number of amides is 1. The van der Waals surface area contributed by atoms with E-state index < -0.39 is 5.41 Å². The summed E-state index contributed by atoms with van der Waals surface area (Å²) in [6.45, 7) is 4.48. The summed E-state index contributed by atoms with van der Waals surface area (Å²) in [5, 5.41) is 8.77. The number of carbonyl (C=O) groups excluding carboxylic acids is 1. The third-order valence-electron chi connectivity index (χ3n) is 3.42. The first-order valence-corrected chi connectivity index (χ1v) is 5.34. The summed E-state index contributed by atoms with van der Waals surface area (Å²) in [6, 6.07) is 0. The zero-order valence-electron chi connectivity index (χ0n) is 9.29. The Kier molecular flexibility index (Phi) is 3.68. The lowest BCUT2D eigenvalue weighted by Crippen LogP contribution is -2.45. The zero-order valence-corrected chi connectivity index (χ0v) is 9.29. The van der Waals surface area contributed by atoms with E-state index in [9.17, 15) is 4.79 Å². The molecule has 1 aliphatic heterocycles. The number of amidine groups is 1. The Morgan fingerprint density at radius 1 is 1.67 bits per heavy atom. The molecule has 1 atom stereocenters. The monoisotopic (exact) mass is 213 g/mol. The van der Waals surface area contributed by atoms with E-state index in [1.807, 2.05) is 19.3 Å². The predicted octanol–water partition coefficient (Wildman–Crippen LogP) is 0.675. The summed E-state index contributed by atoms with van der Waals surface area (Å²) in [5.41, 5.74) is 6.90. The average Bonchev–Trinajstić information content (AvgIpc) is 2.65. The number of rotatable bonds is 4. The van der Waals surface area contributed by atoms with E-state index in [0.29, 0.717) is 18.8 Å². The number of hydrogen-bond acceptors (Lipinski definition) is 4. The van der Waals surface area contributed by atoms with Crippen LogP contribution < -0.4 is 11.2 Å². The second-order valence-corrected chi connectivity index (χ2v) is 4.09. The Labute approximate surface area is 89.7 Å². The highest BCUT2D eigenvalue weighted by molar-refractivity contribution is 5.93. The normalized spacial score (nSPS) is 25.5. The molecular weight excluding hydrogens is 194 g/mol. The number of hydroxylamine groups is 1. The number of carbonyl (C=O) groups is 1. The highest BCUT2D eigenvalue weighted by Gasteiger charge is 2.46. The largest absolute Gasteiger partial charge is 0.369 e. The third-order valence-corrected chi connectivity index (χ3v) is 3.42. The summed E-state index contributed by atoms with van der Waals surface area (Å²) < 4.78 is 0. The van der Waals surface area contributed by atoms with E-state index in [4.69, 9.17) is 10.9 Å². The van der Waals surface area contributed by atoms with E-state index in [1.54, 1.807) is 0 Å². The van der Waals surface area contributed by atoms with Gasteiger partial charge in [0.1, 0.15) is 5.84 Å². The third kappa shape index (κ3) is 1.97. The molecule has 1 rings (SSSR count). The molecule has 0 aromatic rings. The Bertz CT molecular complexity index is 274. The molecule has 0 spiro atoms. The molecule has 1 amide bonds. The van der Waals surface area contributed by atoms with Crippen molar-refractivity contribution in [1.82, 2.24) is 5.48 Å². The lowest BCUT2D eigenvalue weighted by molar-refractivity contribution is -0.129. The van der Waals surface area contributed by atoms with Crippen molar-refractivity contribution in [3.63, 3.8) is 0 Å². The lowest BCUT2D eigenvalue weighted by Gasteiger charge is -2.32. The highest BCUT2D eigenvalue weighted by Crippen LogP contribution is 2.39. The first-order valence-electron chi connectivity index (χ1n) is 5.34. The van der Waals surface area contributed by atoms with Crippen LogP contribution in [-0.4, -0.2) is 23.5 Å². The van der Waals surface area contributed by atoms with Crippen molar-refractivity contribution in [3.05, 3.63) is 0 Å². The fourth-order valence-corrected chi connectivity index (χ4v) is 2.43. The van der Waals surface area contributed by atoms with Crippen LogP contribution in [0.15, 0.2) is 4.99 Å². The van der Waals surface area contributed by atoms with Gasteiger partial charge in [-0.25, -0.2) is 0 Å². The van der Waals surface area contributed by atoms with E-state index in [1.165, 1.54) is 0 Å². The molecule has 15 heavy (non-hydrogen) atoms. The smallest absolute Gasteiger partial charge is 0.226 e. The van der Waals surface area contributed by atoms with Crippen molar-refractivity contribution in [3.8, 4) is 0 Å². The molecule has 5 heteroatoms. The molecule has 4 N–H and O–H groups in total. The van der Waals surface area contributed by atoms with Crippen LogP contribution in [0.2, 0.25) is 0 Å². The molecule has 0 aliphatic carbocycles. The molecule has 0 saturated carbocycles. The minimum absolute atomic E-state index is 0.226. The fourth-order valence-electron chi connectivity index (χ4n) is 2.43. The number of nitrogens with zero attached hydrogens (tertiary/aromatic N) is 1. The minimum atomic E-state index is -0.603. The maximum Gasteiger partial charge on any atom is 0.226 e. The maximum atomic E-state index is 11.6. The van der Waals surface area contributed by atoms with Crippen LogP contribution in [0.25, 0.3) is 0 Å². The number of nitrogens with two attached hydrogens (primary N) is 1. The van der Waals surface area contributed by atoms with Gasteiger partial charge < -0.3 is 5.73 Å². The van der Waals surface area contributed by atoms with Crippen molar-refractivity contribution >= 4 is 11.7 Å². The van der Waals surface area contributed by atoms with Crippen molar-refractivity contribution < 1.29 is 10.0 Å². The molecule has 86 valence electrons. The van der Waals surface area contributed by atoms with E-state index >= 15 is 0 Å². The first kappa shape index (κ1) is 12.0. The molecule has 1 heterocycles. The summed E-state index contributed by atoms with van der Waals surface area (Å²) in [7, 11) is 0. The minimum Gasteiger partial charge on any atom is -0.369 e. The van der Waals surface area contributed by atoms with E-state index in [-0.39, 0.29) is 11.8 Å². The van der Waals surface area contributed by atoms with Gasteiger partial charge in [-0.15, -0.1) is 0 Å². The average molecular weight is 213 g/mol. The van der Waals surface area contributed by atoms with E-state index in [2.05, 4.69) is 4.99 Å². The SMILES string of the molecule is CCC(CC)C1(C(N)=O)CN=C(NO)C1. The summed E-state index contributed by atoms with van der Waals surface area (Å²) in [4.78, 5) is 15.7. The van der Waals surface area contributed by atoms with Gasteiger partial charge in [0.25, 0.3) is 0 Å². The second-order valence-electron chi connectivity index (χ2n) is 4.09. The molecular formula is C10H19N3O2. The van der Waals surface area contributed by atoms with Crippen LogP contribution >= 0.6 is 0 Å².